The molecule has 0 aliphatic carbocycles. The van der Waals surface area contributed by atoms with Gasteiger partial charge in [-0.2, -0.15) is 17.5 Å². The molecule has 0 saturated carbocycles. The molecule has 11 nitrogen and oxygen atoms in total. The fourth-order valence-corrected chi connectivity index (χ4v) is 7.14. The summed E-state index contributed by atoms with van der Waals surface area (Å²) >= 11 is 0.861. The molecule has 1 aromatic carbocycles. The van der Waals surface area contributed by atoms with E-state index in [1.807, 2.05) is 6.92 Å². The van der Waals surface area contributed by atoms with E-state index in [1.165, 1.54) is 23.5 Å². The molecular weight excluding hydrogens is 547 g/mol. The molecule has 0 bridgehead atoms. The Morgan fingerprint density at radius 3 is 2.58 bits per heavy atom. The first-order valence-electron chi connectivity index (χ1n) is 11.5. The zero-order chi connectivity index (χ0) is 27.7. The number of para-hydroxylation sites is 1. The topological polar surface area (TPSA) is 130 Å². The highest BCUT2D eigenvalue weighted by molar-refractivity contribution is 7.91. The number of anilines is 2. The zero-order valence-electron chi connectivity index (χ0n) is 20.7. The maximum absolute atomic E-state index is 13.4. The maximum Gasteiger partial charge on any atom is 0.418 e. The van der Waals surface area contributed by atoms with Gasteiger partial charge >= 0.3 is 12.3 Å². The molecule has 38 heavy (non-hydrogen) atoms. The molecule has 206 valence electrons. The van der Waals surface area contributed by atoms with Gasteiger partial charge in [0, 0.05) is 44.2 Å². The molecule has 1 fully saturated rings. The summed E-state index contributed by atoms with van der Waals surface area (Å²) in [4.78, 5) is 25.6. The van der Waals surface area contributed by atoms with Crippen molar-refractivity contribution in [1.82, 2.24) is 24.2 Å². The first-order chi connectivity index (χ1) is 17.9. The third kappa shape index (κ3) is 5.98. The number of carbonyl (C=O) groups excluding carboxylic acids is 1. The lowest BCUT2D eigenvalue weighted by Gasteiger charge is -2.35. The fraction of sp³-hybridized carbons (Fsp3) is 0.455. The number of halogens is 3. The number of aryl methyl sites for hydroxylation is 1. The molecule has 1 amide bonds. The Balaban J connectivity index is 1.38. The van der Waals surface area contributed by atoms with E-state index in [1.54, 1.807) is 6.92 Å². The molecule has 0 spiro atoms. The number of nitrogens with zero attached hydrogens (tertiary/aromatic N) is 5. The van der Waals surface area contributed by atoms with Crippen LogP contribution in [0.4, 0.5) is 28.9 Å². The van der Waals surface area contributed by atoms with Crippen LogP contribution in [0.5, 0.6) is 0 Å². The number of aromatic nitrogens is 3. The van der Waals surface area contributed by atoms with Crippen molar-refractivity contribution in [3.8, 4) is 0 Å². The van der Waals surface area contributed by atoms with Crippen molar-refractivity contribution in [3.63, 3.8) is 0 Å². The minimum atomic E-state index is -4.53. The Labute approximate surface area is 221 Å². The molecule has 1 atom stereocenters. The van der Waals surface area contributed by atoms with Gasteiger partial charge in [0.05, 0.1) is 23.9 Å². The first kappa shape index (κ1) is 27.9. The number of ether oxygens (including phenoxy) is 1. The van der Waals surface area contributed by atoms with Crippen LogP contribution in [-0.2, 0) is 20.9 Å². The Morgan fingerprint density at radius 1 is 1.21 bits per heavy atom. The molecule has 1 aliphatic rings. The fourth-order valence-electron chi connectivity index (χ4n) is 4.18. The van der Waals surface area contributed by atoms with Crippen molar-refractivity contribution in [2.75, 3.05) is 50.5 Å². The van der Waals surface area contributed by atoms with Gasteiger partial charge < -0.3 is 10.1 Å². The summed E-state index contributed by atoms with van der Waals surface area (Å²) < 4.78 is 72.5. The van der Waals surface area contributed by atoms with E-state index in [0.717, 1.165) is 23.7 Å². The van der Waals surface area contributed by atoms with Gasteiger partial charge in [0.1, 0.15) is 12.1 Å². The molecule has 1 aliphatic heterocycles. The second kappa shape index (κ2) is 11.0. The van der Waals surface area contributed by atoms with Crippen molar-refractivity contribution in [1.29, 1.82) is 0 Å². The minimum Gasteiger partial charge on any atom is -0.453 e. The van der Waals surface area contributed by atoms with Crippen LogP contribution >= 0.6 is 11.3 Å². The number of amides is 1. The number of methoxy groups -OCH3 is 1. The lowest BCUT2D eigenvalue weighted by Crippen LogP contribution is -2.50. The molecule has 0 radical (unpaired) electrons. The summed E-state index contributed by atoms with van der Waals surface area (Å²) in [6.07, 6.45) is -4.17. The smallest absolute Gasteiger partial charge is 0.418 e. The average molecular weight is 574 g/mol. The monoisotopic (exact) mass is 573 g/mol. The lowest BCUT2D eigenvalue weighted by atomic mass is 10.1. The minimum absolute atomic E-state index is 0.0567. The number of thiazole rings is 1. The Kier molecular flexibility index (Phi) is 8.06. The molecule has 3 heterocycles. The van der Waals surface area contributed by atoms with Crippen LogP contribution < -0.4 is 10.6 Å². The van der Waals surface area contributed by atoms with Gasteiger partial charge in [-0.3, -0.25) is 10.2 Å². The highest BCUT2D eigenvalue weighted by atomic mass is 32.2. The molecule has 0 unspecified atom stereocenters. The van der Waals surface area contributed by atoms with Gasteiger partial charge in [0.2, 0.25) is 0 Å². The molecule has 1 saturated heterocycles. The molecule has 16 heteroatoms. The maximum atomic E-state index is 13.4. The number of alkyl halides is 3. The predicted octanol–water partition coefficient (Wildman–Crippen LogP) is 3.40. The van der Waals surface area contributed by atoms with Gasteiger partial charge in [-0.1, -0.05) is 17.4 Å². The van der Waals surface area contributed by atoms with Gasteiger partial charge in [0.25, 0.3) is 10.0 Å². The van der Waals surface area contributed by atoms with Crippen molar-refractivity contribution in [2.45, 2.75) is 30.3 Å². The Hall–Kier alpha value is -3.08. The normalized spacial score (nSPS) is 16.4. The lowest BCUT2D eigenvalue weighted by molar-refractivity contribution is -0.136. The largest absolute Gasteiger partial charge is 0.453 e. The Bertz CT molecular complexity index is 1420. The highest BCUT2D eigenvalue weighted by Crippen LogP contribution is 2.35. The number of sulfonamides is 1. The molecular formula is C22H26F3N7O4S2. The van der Waals surface area contributed by atoms with Crippen LogP contribution in [0, 0.1) is 6.92 Å². The van der Waals surface area contributed by atoms with E-state index >= 15 is 0 Å². The van der Waals surface area contributed by atoms with Crippen molar-refractivity contribution >= 4 is 49.3 Å². The number of fused-ring (bicyclic) bond motifs is 1. The number of rotatable bonds is 7. The summed E-state index contributed by atoms with van der Waals surface area (Å²) in [5, 5.41) is 5.95. The number of benzene rings is 1. The van der Waals surface area contributed by atoms with E-state index in [9.17, 15) is 26.4 Å². The summed E-state index contributed by atoms with van der Waals surface area (Å²) in [5.74, 6) is 0.298. The van der Waals surface area contributed by atoms with Gasteiger partial charge in [0.15, 0.2) is 9.34 Å². The molecule has 3 aromatic rings. The van der Waals surface area contributed by atoms with E-state index in [2.05, 4.69) is 35.2 Å². The van der Waals surface area contributed by atoms with E-state index in [-0.39, 0.29) is 45.1 Å². The summed E-state index contributed by atoms with van der Waals surface area (Å²) in [7, 11) is -2.61. The number of hydrogen-bond acceptors (Lipinski definition) is 10. The van der Waals surface area contributed by atoms with Crippen LogP contribution in [0.3, 0.4) is 0 Å². The average Bonchev–Trinajstić information content (AvgIpc) is 3.24. The SMILES string of the molecule is COC(=O)Nc1nc(C)c(S(=O)(=O)N2CCN(C[C@H](C)Nc3ncnc4c(C(F)(F)F)cccc34)CC2)s1. The van der Waals surface area contributed by atoms with Crippen molar-refractivity contribution in [2.24, 2.45) is 0 Å². The predicted molar refractivity (Wildman–Crippen MR) is 136 cm³/mol. The van der Waals surface area contributed by atoms with Crippen LogP contribution in [0.15, 0.2) is 28.7 Å². The van der Waals surface area contributed by atoms with Crippen LogP contribution in [-0.4, -0.2) is 84.5 Å². The second-order valence-corrected chi connectivity index (χ2v) is 11.8. The van der Waals surface area contributed by atoms with Crippen LogP contribution in [0.25, 0.3) is 10.9 Å². The summed E-state index contributed by atoms with van der Waals surface area (Å²) in [5.41, 5.74) is -0.714. The van der Waals surface area contributed by atoms with Crippen molar-refractivity contribution in [3.05, 3.63) is 35.8 Å². The first-order valence-corrected chi connectivity index (χ1v) is 13.8. The summed E-state index contributed by atoms with van der Waals surface area (Å²) in [6, 6.07) is 3.65. The van der Waals surface area contributed by atoms with Gasteiger partial charge in [-0.05, 0) is 26.0 Å². The second-order valence-electron chi connectivity index (χ2n) is 8.68. The van der Waals surface area contributed by atoms with Crippen molar-refractivity contribution < 1.29 is 31.1 Å². The molecule has 2 N–H and O–H groups in total. The van der Waals surface area contributed by atoms with Gasteiger partial charge in [-0.15, -0.1) is 0 Å². The Morgan fingerprint density at radius 2 is 1.92 bits per heavy atom. The van der Waals surface area contributed by atoms with Gasteiger partial charge in [-0.25, -0.2) is 28.2 Å². The van der Waals surface area contributed by atoms with Crippen LogP contribution in [0.1, 0.15) is 18.2 Å². The quantitative estimate of drug-likeness (QED) is 0.437. The highest BCUT2D eigenvalue weighted by Gasteiger charge is 2.34. The number of nitrogens with one attached hydrogen (secondary N) is 2. The van der Waals surface area contributed by atoms with E-state index in [4.69, 9.17) is 0 Å². The molecule has 2 aromatic heterocycles. The third-order valence-electron chi connectivity index (χ3n) is 5.94. The number of hydrogen-bond donors (Lipinski definition) is 2. The van der Waals surface area contributed by atoms with E-state index in [0.29, 0.717) is 25.5 Å². The third-order valence-corrected chi connectivity index (χ3v) is 9.50. The number of piperazine rings is 1. The molecule has 4 rings (SSSR count). The standard InChI is InChI=1S/C22H26F3N7O4S2/c1-13(28-18-15-5-4-6-16(22(23,24)25)17(15)26-12-27-18)11-31-7-9-32(10-8-31)38(34,35)19-14(2)29-20(37-19)30-21(33)36-3/h4-6,12-13H,7-11H2,1-3H3,(H,26,27,28)(H,29,30,33)/t13-/m0/s1. The van der Waals surface area contributed by atoms with E-state index < -0.39 is 27.9 Å². The number of carbonyl (C=O) groups is 1. The summed E-state index contributed by atoms with van der Waals surface area (Å²) in [6.45, 7) is 5.36. The zero-order valence-corrected chi connectivity index (χ0v) is 22.4. The van der Waals surface area contributed by atoms with Crippen LogP contribution in [0.2, 0.25) is 0 Å².